The number of ether oxygens (including phenoxy) is 5. The van der Waals surface area contributed by atoms with E-state index in [9.17, 15) is 19.2 Å². The Morgan fingerprint density at radius 2 is 1.02 bits per heavy atom. The van der Waals surface area contributed by atoms with Crippen LogP contribution in [0.25, 0.3) is 0 Å². The molecule has 0 aromatic heterocycles. The van der Waals surface area contributed by atoms with E-state index in [0.717, 1.165) is 0 Å². The Morgan fingerprint density at radius 3 is 1.48 bits per heavy atom. The maximum atomic E-state index is 13.4. The average molecular weight is 641 g/mol. The van der Waals surface area contributed by atoms with E-state index in [0.29, 0.717) is 16.9 Å². The summed E-state index contributed by atoms with van der Waals surface area (Å²) in [6, 6.07) is 33.3. The van der Waals surface area contributed by atoms with Crippen LogP contribution in [0.5, 0.6) is 0 Å². The Hall–Kier alpha value is -4.93. The molecule has 0 bridgehead atoms. The number of hydrogen-bond acceptors (Lipinski definition) is 10. The minimum atomic E-state index is -1.26. The quantitative estimate of drug-likeness (QED) is 0.135. The zero-order valence-electron chi connectivity index (χ0n) is 24.9. The smallest absolute Gasteiger partial charge is 0.338 e. The van der Waals surface area contributed by atoms with Crippen LogP contribution in [0.2, 0.25) is 0 Å². The molecule has 10 heteroatoms. The summed E-state index contributed by atoms with van der Waals surface area (Å²) in [5.74, 6) is -2.14. The molecule has 1 aliphatic heterocycles. The van der Waals surface area contributed by atoms with Gasteiger partial charge in [0.1, 0.15) is 18.1 Å². The molecule has 46 heavy (non-hydrogen) atoms. The number of benzene rings is 4. The lowest BCUT2D eigenvalue weighted by atomic mass is 10.1. The monoisotopic (exact) mass is 640 g/mol. The third kappa shape index (κ3) is 8.21. The molecule has 0 radical (unpaired) electrons. The first-order valence-corrected chi connectivity index (χ1v) is 15.8. The van der Waals surface area contributed by atoms with Gasteiger partial charge in [0.2, 0.25) is 0 Å². The van der Waals surface area contributed by atoms with Crippen molar-refractivity contribution in [2.24, 2.45) is 0 Å². The lowest BCUT2D eigenvalue weighted by Gasteiger charge is -2.28. The number of carbonyl (C=O) groups excluding carboxylic acids is 4. The van der Waals surface area contributed by atoms with E-state index in [2.05, 4.69) is 0 Å². The van der Waals surface area contributed by atoms with Gasteiger partial charge in [-0.15, -0.1) is 11.8 Å². The van der Waals surface area contributed by atoms with Crippen molar-refractivity contribution in [2.45, 2.75) is 36.8 Å². The van der Waals surface area contributed by atoms with Gasteiger partial charge in [0.05, 0.1) is 22.3 Å². The summed E-state index contributed by atoms with van der Waals surface area (Å²) in [5.41, 5.74) is 0.296. The third-order valence-corrected chi connectivity index (χ3v) is 8.11. The molecule has 5 rings (SSSR count). The van der Waals surface area contributed by atoms with E-state index in [1.54, 1.807) is 121 Å². The third-order valence-electron chi connectivity index (χ3n) is 7.07. The normalized spacial score (nSPS) is 19.4. The van der Waals surface area contributed by atoms with Gasteiger partial charge >= 0.3 is 23.9 Å². The van der Waals surface area contributed by atoms with Crippen LogP contribution in [0.1, 0.15) is 48.4 Å². The summed E-state index contributed by atoms with van der Waals surface area (Å²) in [5, 5.41) is 0. The summed E-state index contributed by atoms with van der Waals surface area (Å²) in [7, 11) is 0. The van der Waals surface area contributed by atoms with Crippen molar-refractivity contribution in [1.29, 1.82) is 0 Å². The Kier molecular flexibility index (Phi) is 11.2. The van der Waals surface area contributed by atoms with Gasteiger partial charge in [-0.25, -0.2) is 19.2 Å². The van der Waals surface area contributed by atoms with Crippen molar-refractivity contribution in [2.75, 3.05) is 12.4 Å². The first kappa shape index (κ1) is 32.5. The lowest BCUT2D eigenvalue weighted by Crippen LogP contribution is -2.47. The Labute approximate surface area is 270 Å². The first-order valence-electron chi connectivity index (χ1n) is 14.7. The van der Waals surface area contributed by atoms with Crippen molar-refractivity contribution in [3.05, 3.63) is 144 Å². The number of esters is 4. The van der Waals surface area contributed by atoms with Crippen LogP contribution in [0, 0.1) is 0 Å². The maximum Gasteiger partial charge on any atom is 0.338 e. The maximum absolute atomic E-state index is 13.4. The summed E-state index contributed by atoms with van der Waals surface area (Å²) in [4.78, 5) is 52.9. The van der Waals surface area contributed by atoms with E-state index < -0.39 is 60.3 Å². The van der Waals surface area contributed by atoms with Crippen molar-refractivity contribution >= 4 is 35.6 Å². The molecule has 9 nitrogen and oxygen atoms in total. The molecule has 1 heterocycles. The highest BCUT2D eigenvalue weighted by Gasteiger charge is 2.54. The zero-order chi connectivity index (χ0) is 32.3. The topological polar surface area (TPSA) is 114 Å². The van der Waals surface area contributed by atoms with Crippen LogP contribution in [0.3, 0.4) is 0 Å². The molecule has 4 aromatic carbocycles. The molecule has 236 valence electrons. The van der Waals surface area contributed by atoms with Crippen molar-refractivity contribution in [3.63, 3.8) is 0 Å². The zero-order valence-corrected chi connectivity index (χ0v) is 25.7. The summed E-state index contributed by atoms with van der Waals surface area (Å²) >= 11 is 1.33. The minimum Gasteiger partial charge on any atom is -0.458 e. The molecule has 1 saturated heterocycles. The summed E-state index contributed by atoms with van der Waals surface area (Å²) in [6.07, 6.45) is -4.78. The Morgan fingerprint density at radius 1 is 0.609 bits per heavy atom. The van der Waals surface area contributed by atoms with Crippen LogP contribution in [-0.2, 0) is 23.7 Å². The Bertz CT molecular complexity index is 1600. The van der Waals surface area contributed by atoms with Crippen molar-refractivity contribution < 1.29 is 42.9 Å². The second-order valence-corrected chi connectivity index (χ2v) is 11.5. The molecule has 0 unspecified atom stereocenters. The number of thioether (sulfide) groups is 1. The highest BCUT2D eigenvalue weighted by Crippen LogP contribution is 2.37. The molecule has 0 N–H and O–H groups in total. The molecule has 0 saturated carbocycles. The van der Waals surface area contributed by atoms with E-state index in [4.69, 9.17) is 23.7 Å². The molecule has 0 amide bonds. The second-order valence-electron chi connectivity index (χ2n) is 10.2. The molecule has 0 spiro atoms. The van der Waals surface area contributed by atoms with Gasteiger partial charge in [0.25, 0.3) is 0 Å². The highest BCUT2D eigenvalue weighted by atomic mass is 32.2. The van der Waals surface area contributed by atoms with Gasteiger partial charge in [-0.2, -0.15) is 0 Å². The second kappa shape index (κ2) is 15.9. The number of rotatable bonds is 12. The fourth-order valence-electron chi connectivity index (χ4n) is 4.83. The van der Waals surface area contributed by atoms with E-state index in [1.165, 1.54) is 11.8 Å². The summed E-state index contributed by atoms with van der Waals surface area (Å²) < 4.78 is 29.9. The molecular formula is C36H32O9S. The molecule has 1 aliphatic rings. The van der Waals surface area contributed by atoms with E-state index >= 15 is 0 Å². The molecule has 5 atom stereocenters. The van der Waals surface area contributed by atoms with Crippen molar-refractivity contribution in [3.8, 4) is 0 Å². The van der Waals surface area contributed by atoms with Gasteiger partial charge < -0.3 is 23.7 Å². The van der Waals surface area contributed by atoms with Crippen LogP contribution < -0.4 is 0 Å². The highest BCUT2D eigenvalue weighted by molar-refractivity contribution is 7.99. The minimum absolute atomic E-state index is 0.254. The fraction of sp³-hybridized carbons (Fsp3) is 0.222. The summed E-state index contributed by atoms with van der Waals surface area (Å²) in [6.45, 7) is 1.47. The largest absolute Gasteiger partial charge is 0.458 e. The predicted molar refractivity (Wildman–Crippen MR) is 170 cm³/mol. The van der Waals surface area contributed by atoms with Gasteiger partial charge in [-0.1, -0.05) is 79.7 Å². The number of carbonyl (C=O) groups is 4. The van der Waals surface area contributed by atoms with Gasteiger partial charge in [-0.3, -0.25) is 0 Å². The molecule has 1 fully saturated rings. The predicted octanol–water partition coefficient (Wildman–Crippen LogP) is 6.00. The molecule has 4 aromatic rings. The van der Waals surface area contributed by atoms with Gasteiger partial charge in [-0.05, 0) is 54.3 Å². The standard InChI is InChI=1S/C36H32O9S/c1-2-46-36-31(44-35(40)27-21-13-6-14-22-27)30(43-34(39)26-19-11-5-12-20-26)29(45-36)28(42-33(38)25-17-9-4-10-18-25)23-41-32(37)24-15-7-3-8-16-24/h3-22,28-31,36H,2,23H2,1H3/t28-,29+,30-,31-,36-/m0/s1. The van der Waals surface area contributed by atoms with Crippen LogP contribution in [0.15, 0.2) is 121 Å². The SMILES string of the molecule is CCS[C@@H]1O[C@H]([C@H](COC(=O)c2ccccc2)OC(=O)c2ccccc2)[C@H](OC(=O)c2ccccc2)[C@@H]1OC(=O)c1ccccc1. The molecule has 0 aliphatic carbocycles. The molecular weight excluding hydrogens is 608 g/mol. The van der Waals surface area contributed by atoms with Crippen LogP contribution in [0.4, 0.5) is 0 Å². The van der Waals surface area contributed by atoms with Crippen LogP contribution >= 0.6 is 11.8 Å². The van der Waals surface area contributed by atoms with Crippen LogP contribution in [-0.4, -0.2) is 66.1 Å². The van der Waals surface area contributed by atoms with Crippen molar-refractivity contribution in [1.82, 2.24) is 0 Å². The van der Waals surface area contributed by atoms with E-state index in [1.807, 2.05) is 6.92 Å². The van der Waals surface area contributed by atoms with Gasteiger partial charge in [0.15, 0.2) is 18.3 Å². The fourth-order valence-corrected chi connectivity index (χ4v) is 5.76. The number of hydrogen-bond donors (Lipinski definition) is 0. The Balaban J connectivity index is 1.49. The van der Waals surface area contributed by atoms with Gasteiger partial charge in [0, 0.05) is 0 Å². The first-order chi connectivity index (χ1) is 22.4. The lowest BCUT2D eigenvalue weighted by molar-refractivity contribution is -0.0899. The van der Waals surface area contributed by atoms with E-state index in [-0.39, 0.29) is 11.1 Å². The average Bonchev–Trinajstić information content (AvgIpc) is 3.43.